The Labute approximate surface area is 133 Å². The summed E-state index contributed by atoms with van der Waals surface area (Å²) in [6, 6.07) is 9.74. The van der Waals surface area contributed by atoms with Crippen LogP contribution in [0.2, 0.25) is 0 Å². The number of ether oxygens (including phenoxy) is 1. The van der Waals surface area contributed by atoms with Crippen LogP contribution in [0.4, 0.5) is 0 Å². The van der Waals surface area contributed by atoms with Gasteiger partial charge in [0.05, 0.1) is 5.92 Å². The van der Waals surface area contributed by atoms with Gasteiger partial charge in [-0.05, 0) is 25.5 Å². The lowest BCUT2D eigenvalue weighted by Gasteiger charge is -2.10. The van der Waals surface area contributed by atoms with E-state index in [1.54, 1.807) is 6.07 Å². The van der Waals surface area contributed by atoms with Crippen LogP contribution in [0, 0.1) is 13.8 Å². The Balaban J connectivity index is 1.84. The molecular weight excluding hydrogens is 290 g/mol. The Morgan fingerprint density at radius 2 is 1.96 bits per heavy atom. The van der Waals surface area contributed by atoms with Crippen LogP contribution in [0.15, 0.2) is 51.9 Å². The third-order valence-electron chi connectivity index (χ3n) is 4.53. The lowest BCUT2D eigenvalue weighted by atomic mass is 9.95. The molecule has 0 fully saturated rings. The van der Waals surface area contributed by atoms with Crippen molar-refractivity contribution in [3.8, 4) is 5.75 Å². The summed E-state index contributed by atoms with van der Waals surface area (Å²) >= 11 is 0. The highest BCUT2D eigenvalue weighted by Crippen LogP contribution is 2.41. The summed E-state index contributed by atoms with van der Waals surface area (Å²) in [6.45, 7) is 5.43. The fourth-order valence-corrected chi connectivity index (χ4v) is 3.35. The zero-order valence-corrected chi connectivity index (χ0v) is 13.2. The van der Waals surface area contributed by atoms with Gasteiger partial charge in [-0.15, -0.1) is 0 Å². The van der Waals surface area contributed by atoms with E-state index in [2.05, 4.69) is 23.0 Å². The smallest absolute Gasteiger partial charge is 0.336 e. The molecule has 1 aliphatic rings. The number of hydrogen-bond donors (Lipinski definition) is 0. The van der Waals surface area contributed by atoms with E-state index in [1.165, 1.54) is 5.56 Å². The highest BCUT2D eigenvalue weighted by Gasteiger charge is 2.30. The average Bonchev–Trinajstić information content (AvgIpc) is 2.93. The number of hydrogen-bond acceptors (Lipinski definition) is 3. The minimum Gasteiger partial charge on any atom is -0.492 e. The molecule has 4 nitrogen and oxygen atoms in total. The Morgan fingerprint density at radius 1 is 1.17 bits per heavy atom. The first-order valence-electron chi connectivity index (χ1n) is 7.78. The zero-order chi connectivity index (χ0) is 16.0. The number of nitrogens with zero attached hydrogens (tertiary/aromatic N) is 1. The van der Waals surface area contributed by atoms with E-state index in [0.717, 1.165) is 28.8 Å². The standard InChI is InChI=1S/C19H18NO3/c1-12-8-17(21)23-19-13(2)18-16(9-15(12)19)14(11-22-18)10-20-6-4-3-5-7-20/h3-9,14H,10-11H2,1-2H3/q+1. The second kappa shape index (κ2) is 5.23. The van der Waals surface area contributed by atoms with Crippen molar-refractivity contribution in [3.63, 3.8) is 0 Å². The molecule has 2 aromatic heterocycles. The van der Waals surface area contributed by atoms with E-state index >= 15 is 0 Å². The first-order valence-corrected chi connectivity index (χ1v) is 7.78. The van der Waals surface area contributed by atoms with Gasteiger partial charge >= 0.3 is 5.63 Å². The second-order valence-electron chi connectivity index (χ2n) is 6.13. The molecule has 0 amide bonds. The van der Waals surface area contributed by atoms with Gasteiger partial charge in [0, 0.05) is 34.7 Å². The highest BCUT2D eigenvalue weighted by atomic mass is 16.5. The Kier molecular flexibility index (Phi) is 3.18. The number of pyridine rings is 1. The first kappa shape index (κ1) is 14.0. The topological polar surface area (TPSA) is 43.3 Å². The SMILES string of the molecule is Cc1cc(=O)oc2c(C)c3c(cc12)C(C[n+]1ccccc1)CO3. The van der Waals surface area contributed by atoms with Gasteiger partial charge in [0.15, 0.2) is 18.9 Å². The summed E-state index contributed by atoms with van der Waals surface area (Å²) in [7, 11) is 0. The largest absolute Gasteiger partial charge is 0.492 e. The normalized spacial score (nSPS) is 16.3. The third-order valence-corrected chi connectivity index (χ3v) is 4.53. The molecule has 0 N–H and O–H groups in total. The van der Waals surface area contributed by atoms with E-state index in [-0.39, 0.29) is 5.63 Å². The monoisotopic (exact) mass is 308 g/mol. The Hall–Kier alpha value is -2.62. The van der Waals surface area contributed by atoms with Gasteiger partial charge in [-0.1, -0.05) is 6.07 Å². The molecule has 1 aromatic carbocycles. The van der Waals surface area contributed by atoms with E-state index in [9.17, 15) is 4.79 Å². The van der Waals surface area contributed by atoms with E-state index in [0.29, 0.717) is 18.1 Å². The molecule has 1 atom stereocenters. The summed E-state index contributed by atoms with van der Waals surface area (Å²) in [6.07, 6.45) is 4.13. The fraction of sp³-hybridized carbons (Fsp3) is 0.263. The van der Waals surface area contributed by atoms with Crippen molar-refractivity contribution >= 4 is 11.0 Å². The van der Waals surface area contributed by atoms with Gasteiger partial charge in [-0.3, -0.25) is 0 Å². The molecule has 4 heteroatoms. The lowest BCUT2D eigenvalue weighted by molar-refractivity contribution is -0.699. The van der Waals surface area contributed by atoms with Gasteiger partial charge in [0.2, 0.25) is 0 Å². The Morgan fingerprint density at radius 3 is 2.74 bits per heavy atom. The predicted octanol–water partition coefficient (Wildman–Crippen LogP) is 2.87. The molecule has 4 rings (SSSR count). The van der Waals surface area contributed by atoms with Crippen LogP contribution in [0.1, 0.15) is 22.6 Å². The molecule has 0 radical (unpaired) electrons. The molecule has 0 aliphatic carbocycles. The van der Waals surface area contributed by atoms with Crippen LogP contribution in [-0.2, 0) is 6.54 Å². The van der Waals surface area contributed by atoms with Gasteiger partial charge in [0.25, 0.3) is 0 Å². The number of benzene rings is 1. The van der Waals surface area contributed by atoms with Crippen LogP contribution in [-0.4, -0.2) is 6.61 Å². The molecule has 3 aromatic rings. The van der Waals surface area contributed by atoms with Crippen molar-refractivity contribution in [1.82, 2.24) is 0 Å². The van der Waals surface area contributed by atoms with Crippen molar-refractivity contribution in [2.45, 2.75) is 26.3 Å². The van der Waals surface area contributed by atoms with Crippen LogP contribution in [0.5, 0.6) is 5.75 Å². The predicted molar refractivity (Wildman–Crippen MR) is 86.8 cm³/mol. The Bertz CT molecular complexity index is 944. The zero-order valence-electron chi connectivity index (χ0n) is 13.2. The van der Waals surface area contributed by atoms with Gasteiger partial charge in [-0.25, -0.2) is 9.36 Å². The molecular formula is C19H18NO3+. The molecule has 23 heavy (non-hydrogen) atoms. The van der Waals surface area contributed by atoms with Gasteiger partial charge < -0.3 is 9.15 Å². The molecule has 0 saturated carbocycles. The van der Waals surface area contributed by atoms with Crippen LogP contribution in [0.3, 0.4) is 0 Å². The van der Waals surface area contributed by atoms with Crippen molar-refractivity contribution < 1.29 is 13.7 Å². The maximum Gasteiger partial charge on any atom is 0.336 e. The number of fused-ring (bicyclic) bond motifs is 2. The molecule has 116 valence electrons. The molecule has 0 spiro atoms. The minimum atomic E-state index is -0.313. The average molecular weight is 308 g/mol. The third kappa shape index (κ3) is 2.31. The number of aryl methyl sites for hydroxylation is 2. The summed E-state index contributed by atoms with van der Waals surface area (Å²) < 4.78 is 13.5. The van der Waals surface area contributed by atoms with E-state index < -0.39 is 0 Å². The first-order chi connectivity index (χ1) is 11.1. The number of rotatable bonds is 2. The maximum atomic E-state index is 11.7. The van der Waals surface area contributed by atoms with Gasteiger partial charge in [-0.2, -0.15) is 0 Å². The second-order valence-corrected chi connectivity index (χ2v) is 6.13. The highest BCUT2D eigenvalue weighted by molar-refractivity contribution is 5.86. The number of aromatic nitrogens is 1. The van der Waals surface area contributed by atoms with Crippen molar-refractivity contribution in [1.29, 1.82) is 0 Å². The lowest BCUT2D eigenvalue weighted by Crippen LogP contribution is -2.36. The molecule has 0 bridgehead atoms. The summed E-state index contributed by atoms with van der Waals surface area (Å²) in [5, 5.41) is 0.995. The molecule has 3 heterocycles. The molecule has 1 aliphatic heterocycles. The van der Waals surface area contributed by atoms with Crippen LogP contribution >= 0.6 is 0 Å². The minimum absolute atomic E-state index is 0.298. The maximum absolute atomic E-state index is 11.7. The van der Waals surface area contributed by atoms with Crippen LogP contribution in [0.25, 0.3) is 11.0 Å². The quantitative estimate of drug-likeness (QED) is 0.540. The summed E-state index contributed by atoms with van der Waals surface area (Å²) in [5.74, 6) is 1.17. The summed E-state index contributed by atoms with van der Waals surface area (Å²) in [4.78, 5) is 11.7. The van der Waals surface area contributed by atoms with Gasteiger partial charge in [0.1, 0.15) is 17.9 Å². The van der Waals surface area contributed by atoms with Crippen LogP contribution < -0.4 is 14.9 Å². The van der Waals surface area contributed by atoms with Crippen molar-refractivity contribution in [2.24, 2.45) is 0 Å². The fourth-order valence-electron chi connectivity index (χ4n) is 3.35. The van der Waals surface area contributed by atoms with E-state index in [4.69, 9.17) is 9.15 Å². The van der Waals surface area contributed by atoms with E-state index in [1.807, 2.05) is 32.0 Å². The molecule has 1 unspecified atom stereocenters. The molecule has 0 saturated heterocycles. The van der Waals surface area contributed by atoms with Crippen molar-refractivity contribution in [2.75, 3.05) is 6.61 Å². The van der Waals surface area contributed by atoms with Crippen molar-refractivity contribution in [3.05, 3.63) is 69.8 Å². The summed E-state index contributed by atoms with van der Waals surface area (Å²) in [5.41, 5.74) is 3.39.